The van der Waals surface area contributed by atoms with E-state index in [-0.39, 0.29) is 12.7 Å². The highest BCUT2D eigenvalue weighted by Crippen LogP contribution is 2.33. The van der Waals surface area contributed by atoms with Crippen LogP contribution in [0.5, 0.6) is 5.75 Å². The van der Waals surface area contributed by atoms with E-state index in [2.05, 4.69) is 11.8 Å². The number of para-hydroxylation sites is 1. The van der Waals surface area contributed by atoms with Gasteiger partial charge in [0.25, 0.3) is 0 Å². The summed E-state index contributed by atoms with van der Waals surface area (Å²) >= 11 is 0. The van der Waals surface area contributed by atoms with Crippen LogP contribution in [-0.2, 0) is 4.74 Å². The maximum Gasteiger partial charge on any atom is 0.153 e. The van der Waals surface area contributed by atoms with Crippen LogP contribution in [0.3, 0.4) is 0 Å². The van der Waals surface area contributed by atoms with Crippen molar-refractivity contribution in [2.45, 2.75) is 24.5 Å². The molecule has 0 aliphatic heterocycles. The first kappa shape index (κ1) is 13.6. The molecule has 1 aliphatic carbocycles. The second-order valence-electron chi connectivity index (χ2n) is 4.54. The fourth-order valence-electron chi connectivity index (χ4n) is 1.99. The summed E-state index contributed by atoms with van der Waals surface area (Å²) in [5.74, 6) is 6.06. The number of benzene rings is 1. The molecule has 1 fully saturated rings. The zero-order valence-electron chi connectivity index (χ0n) is 10.8. The molecule has 1 N–H and O–H groups in total. The SMILES string of the molecule is COC1CC(O)(C#CCOc2ccccc2C=O)C1. The van der Waals surface area contributed by atoms with Crippen LogP contribution < -0.4 is 4.74 Å². The van der Waals surface area contributed by atoms with Crippen LogP contribution in [0.4, 0.5) is 0 Å². The summed E-state index contributed by atoms with van der Waals surface area (Å²) in [7, 11) is 1.62. The molecule has 0 spiro atoms. The number of hydrogen-bond donors (Lipinski definition) is 1. The maximum absolute atomic E-state index is 10.8. The predicted molar refractivity (Wildman–Crippen MR) is 70.1 cm³/mol. The summed E-state index contributed by atoms with van der Waals surface area (Å²) in [5, 5.41) is 9.94. The molecular formula is C15H16O4. The van der Waals surface area contributed by atoms with Crippen LogP contribution in [0, 0.1) is 11.8 Å². The van der Waals surface area contributed by atoms with Crippen LogP contribution in [0.25, 0.3) is 0 Å². The largest absolute Gasteiger partial charge is 0.480 e. The predicted octanol–water partition coefficient (Wildman–Crippen LogP) is 1.42. The number of carbonyl (C=O) groups excluding carboxylic acids is 1. The smallest absolute Gasteiger partial charge is 0.153 e. The normalized spacial score (nSPS) is 24.8. The first-order chi connectivity index (χ1) is 9.17. The molecule has 0 radical (unpaired) electrons. The van der Waals surface area contributed by atoms with E-state index in [1.54, 1.807) is 31.4 Å². The van der Waals surface area contributed by atoms with Gasteiger partial charge in [0.1, 0.15) is 18.0 Å². The van der Waals surface area contributed by atoms with Gasteiger partial charge in [-0.25, -0.2) is 0 Å². The monoisotopic (exact) mass is 260 g/mol. The Labute approximate surface area is 112 Å². The third kappa shape index (κ3) is 3.34. The molecule has 0 heterocycles. The van der Waals surface area contributed by atoms with Gasteiger partial charge in [-0.05, 0) is 12.1 Å². The molecule has 1 aromatic carbocycles. The van der Waals surface area contributed by atoms with Gasteiger partial charge in [-0.1, -0.05) is 24.0 Å². The second kappa shape index (κ2) is 5.87. The van der Waals surface area contributed by atoms with Crippen LogP contribution in [0.1, 0.15) is 23.2 Å². The molecule has 0 saturated heterocycles. The fraction of sp³-hybridized carbons (Fsp3) is 0.400. The van der Waals surface area contributed by atoms with Crippen molar-refractivity contribution in [3.8, 4) is 17.6 Å². The summed E-state index contributed by atoms with van der Waals surface area (Å²) in [5.41, 5.74) is -0.458. The number of carbonyl (C=O) groups is 1. The minimum absolute atomic E-state index is 0.0935. The first-order valence-corrected chi connectivity index (χ1v) is 6.09. The van der Waals surface area contributed by atoms with Gasteiger partial charge in [0.15, 0.2) is 6.29 Å². The first-order valence-electron chi connectivity index (χ1n) is 6.09. The van der Waals surface area contributed by atoms with Gasteiger partial charge in [0.05, 0.1) is 11.7 Å². The summed E-state index contributed by atoms with van der Waals surface area (Å²) in [6, 6.07) is 6.95. The van der Waals surface area contributed by atoms with E-state index in [0.717, 1.165) is 6.29 Å². The fourth-order valence-corrected chi connectivity index (χ4v) is 1.99. The molecule has 0 amide bonds. The lowest BCUT2D eigenvalue weighted by molar-refractivity contribution is -0.0912. The third-order valence-corrected chi connectivity index (χ3v) is 3.13. The molecule has 1 saturated carbocycles. The van der Waals surface area contributed by atoms with E-state index in [0.29, 0.717) is 24.2 Å². The van der Waals surface area contributed by atoms with Crippen molar-refractivity contribution in [2.75, 3.05) is 13.7 Å². The number of methoxy groups -OCH3 is 1. The van der Waals surface area contributed by atoms with Crippen molar-refractivity contribution >= 4 is 6.29 Å². The highest BCUT2D eigenvalue weighted by Gasteiger charge is 2.41. The van der Waals surface area contributed by atoms with E-state index in [4.69, 9.17) is 9.47 Å². The Hall–Kier alpha value is -1.83. The summed E-state index contributed by atoms with van der Waals surface area (Å²) < 4.78 is 10.5. The summed E-state index contributed by atoms with van der Waals surface area (Å²) in [4.78, 5) is 10.8. The van der Waals surface area contributed by atoms with Crippen LogP contribution in [-0.4, -0.2) is 36.8 Å². The lowest BCUT2D eigenvalue weighted by Gasteiger charge is -2.38. The van der Waals surface area contributed by atoms with E-state index in [9.17, 15) is 9.90 Å². The number of aliphatic hydroxyl groups is 1. The number of rotatable bonds is 4. The van der Waals surface area contributed by atoms with Crippen molar-refractivity contribution in [1.82, 2.24) is 0 Å². The summed E-state index contributed by atoms with van der Waals surface area (Å²) in [6.07, 6.45) is 1.89. The Balaban J connectivity index is 1.86. The van der Waals surface area contributed by atoms with Gasteiger partial charge in [-0.3, -0.25) is 4.79 Å². The van der Waals surface area contributed by atoms with Crippen molar-refractivity contribution in [3.63, 3.8) is 0 Å². The number of hydrogen-bond acceptors (Lipinski definition) is 4. The zero-order valence-corrected chi connectivity index (χ0v) is 10.8. The van der Waals surface area contributed by atoms with Crippen LogP contribution >= 0.6 is 0 Å². The van der Waals surface area contributed by atoms with Gasteiger partial charge < -0.3 is 14.6 Å². The highest BCUT2D eigenvalue weighted by molar-refractivity contribution is 5.79. The maximum atomic E-state index is 10.8. The zero-order chi connectivity index (χ0) is 13.7. The van der Waals surface area contributed by atoms with Gasteiger partial charge in [-0.2, -0.15) is 0 Å². The molecule has 0 unspecified atom stereocenters. The second-order valence-corrected chi connectivity index (χ2v) is 4.54. The van der Waals surface area contributed by atoms with Gasteiger partial charge in [-0.15, -0.1) is 0 Å². The molecule has 0 atom stereocenters. The molecular weight excluding hydrogens is 244 g/mol. The van der Waals surface area contributed by atoms with E-state index in [1.165, 1.54) is 0 Å². The van der Waals surface area contributed by atoms with E-state index < -0.39 is 5.60 Å². The van der Waals surface area contributed by atoms with Crippen molar-refractivity contribution < 1.29 is 19.4 Å². The van der Waals surface area contributed by atoms with E-state index >= 15 is 0 Å². The van der Waals surface area contributed by atoms with Crippen molar-refractivity contribution in [3.05, 3.63) is 29.8 Å². The number of aldehydes is 1. The Morgan fingerprint density at radius 3 is 2.89 bits per heavy atom. The topological polar surface area (TPSA) is 55.8 Å². The standard InChI is InChI=1S/C15H16O4/c1-18-13-9-15(17,10-13)7-4-8-19-14-6-3-2-5-12(14)11-16/h2-3,5-6,11,13,17H,8-10H2,1H3. The molecule has 1 aliphatic rings. The van der Waals surface area contributed by atoms with Crippen molar-refractivity contribution in [1.29, 1.82) is 0 Å². The molecule has 0 bridgehead atoms. The minimum atomic E-state index is -0.950. The minimum Gasteiger partial charge on any atom is -0.480 e. The average molecular weight is 260 g/mol. The lowest BCUT2D eigenvalue weighted by atomic mass is 9.78. The molecule has 100 valence electrons. The van der Waals surface area contributed by atoms with Gasteiger partial charge in [0, 0.05) is 20.0 Å². The molecule has 4 nitrogen and oxygen atoms in total. The van der Waals surface area contributed by atoms with Gasteiger partial charge >= 0.3 is 0 Å². The Morgan fingerprint density at radius 1 is 1.47 bits per heavy atom. The average Bonchev–Trinajstić information content (AvgIpc) is 2.41. The molecule has 0 aromatic heterocycles. The Morgan fingerprint density at radius 2 is 2.21 bits per heavy atom. The Bertz CT molecular complexity index is 506. The molecule has 19 heavy (non-hydrogen) atoms. The molecule has 1 aromatic rings. The molecule has 4 heteroatoms. The molecule has 2 rings (SSSR count). The summed E-state index contributed by atoms with van der Waals surface area (Å²) in [6.45, 7) is 0.144. The lowest BCUT2D eigenvalue weighted by Crippen LogP contribution is -2.46. The highest BCUT2D eigenvalue weighted by atomic mass is 16.5. The third-order valence-electron chi connectivity index (χ3n) is 3.13. The van der Waals surface area contributed by atoms with E-state index in [1.807, 2.05) is 0 Å². The van der Waals surface area contributed by atoms with Gasteiger partial charge in [0.2, 0.25) is 0 Å². The van der Waals surface area contributed by atoms with Crippen LogP contribution in [0.2, 0.25) is 0 Å². The quantitative estimate of drug-likeness (QED) is 0.657. The number of ether oxygens (including phenoxy) is 2. The van der Waals surface area contributed by atoms with Crippen molar-refractivity contribution in [2.24, 2.45) is 0 Å². The van der Waals surface area contributed by atoms with Crippen LogP contribution in [0.15, 0.2) is 24.3 Å². The Kier molecular flexibility index (Phi) is 4.20.